The van der Waals surface area contributed by atoms with E-state index in [0.717, 1.165) is 5.69 Å². The quantitative estimate of drug-likeness (QED) is 0.708. The maximum absolute atomic E-state index is 10.2. The summed E-state index contributed by atoms with van der Waals surface area (Å²) in [5.41, 5.74) is 7.16. The minimum atomic E-state index is -0.777. The van der Waals surface area contributed by atoms with Gasteiger partial charge in [0.25, 0.3) is 0 Å². The van der Waals surface area contributed by atoms with E-state index >= 15 is 0 Å². The summed E-state index contributed by atoms with van der Waals surface area (Å²) in [4.78, 5) is 10.2. The Labute approximate surface area is 76.2 Å². The Morgan fingerprint density at radius 3 is 2.92 bits per heavy atom. The van der Waals surface area contributed by atoms with Gasteiger partial charge in [0, 0.05) is 13.5 Å². The molecular formula is C8H13N3O2. The molecule has 3 N–H and O–H groups in total. The van der Waals surface area contributed by atoms with E-state index in [9.17, 15) is 4.79 Å². The number of nitrogens with zero attached hydrogens (tertiary/aromatic N) is 2. The normalized spacial score (nSPS) is 10.2. The molecule has 72 valence electrons. The first-order valence-corrected chi connectivity index (χ1v) is 4.09. The molecule has 0 bridgehead atoms. The molecule has 0 saturated heterocycles. The summed E-state index contributed by atoms with van der Waals surface area (Å²) in [5, 5.41) is 12.4. The predicted molar refractivity (Wildman–Crippen MR) is 48.2 cm³/mol. The third-order valence-corrected chi connectivity index (χ3v) is 1.90. The Balaban J connectivity index is 2.49. The highest BCUT2D eigenvalue weighted by molar-refractivity contribution is 5.66. The van der Waals surface area contributed by atoms with Crippen LogP contribution in [0.2, 0.25) is 0 Å². The van der Waals surface area contributed by atoms with E-state index in [4.69, 9.17) is 10.8 Å². The molecule has 0 aliphatic heterocycles. The van der Waals surface area contributed by atoms with Crippen LogP contribution in [0.1, 0.15) is 18.5 Å². The van der Waals surface area contributed by atoms with Crippen LogP contribution < -0.4 is 5.73 Å². The lowest BCUT2D eigenvalue weighted by Gasteiger charge is -2.01. The van der Waals surface area contributed by atoms with Crippen molar-refractivity contribution in [2.45, 2.75) is 19.3 Å². The Bertz CT molecular complexity index is 287. The van der Waals surface area contributed by atoms with Crippen molar-refractivity contribution in [3.63, 3.8) is 0 Å². The number of carbonyl (C=O) groups is 1. The van der Waals surface area contributed by atoms with Gasteiger partial charge in [-0.3, -0.25) is 9.48 Å². The van der Waals surface area contributed by atoms with E-state index in [-0.39, 0.29) is 6.42 Å². The Morgan fingerprint density at radius 1 is 1.77 bits per heavy atom. The average Bonchev–Trinajstić information content (AvgIpc) is 2.34. The summed E-state index contributed by atoms with van der Waals surface area (Å²) >= 11 is 0. The SMILES string of the molecule is Cn1ncc(N)c1CCCC(=O)O. The van der Waals surface area contributed by atoms with E-state index in [1.54, 1.807) is 17.9 Å². The maximum Gasteiger partial charge on any atom is 0.303 e. The summed E-state index contributed by atoms with van der Waals surface area (Å²) in [7, 11) is 1.80. The zero-order chi connectivity index (χ0) is 9.84. The third kappa shape index (κ3) is 2.47. The van der Waals surface area contributed by atoms with Crippen molar-refractivity contribution in [3.05, 3.63) is 11.9 Å². The molecule has 0 fully saturated rings. The van der Waals surface area contributed by atoms with Crippen molar-refractivity contribution < 1.29 is 9.90 Å². The van der Waals surface area contributed by atoms with Gasteiger partial charge >= 0.3 is 5.97 Å². The number of nitrogen functional groups attached to an aromatic ring is 1. The molecule has 0 atom stereocenters. The fourth-order valence-corrected chi connectivity index (χ4v) is 1.19. The molecular weight excluding hydrogens is 170 g/mol. The number of carboxylic acid groups (broad SMARTS) is 1. The molecule has 1 heterocycles. The van der Waals surface area contributed by atoms with Crippen molar-refractivity contribution in [1.29, 1.82) is 0 Å². The Morgan fingerprint density at radius 2 is 2.46 bits per heavy atom. The topological polar surface area (TPSA) is 81.1 Å². The van der Waals surface area contributed by atoms with Gasteiger partial charge < -0.3 is 10.8 Å². The molecule has 5 nitrogen and oxygen atoms in total. The zero-order valence-corrected chi connectivity index (χ0v) is 7.53. The van der Waals surface area contributed by atoms with Crippen LogP contribution in [0.15, 0.2) is 6.20 Å². The third-order valence-electron chi connectivity index (χ3n) is 1.90. The van der Waals surface area contributed by atoms with Gasteiger partial charge in [-0.15, -0.1) is 0 Å². The highest BCUT2D eigenvalue weighted by Gasteiger charge is 2.05. The molecule has 13 heavy (non-hydrogen) atoms. The number of rotatable bonds is 4. The molecule has 0 unspecified atom stereocenters. The summed E-state index contributed by atoms with van der Waals surface area (Å²) in [6.07, 6.45) is 3.01. The number of hydrogen-bond donors (Lipinski definition) is 2. The Kier molecular flexibility index (Phi) is 2.89. The number of aromatic nitrogens is 2. The second-order valence-corrected chi connectivity index (χ2v) is 2.92. The first-order valence-electron chi connectivity index (χ1n) is 4.09. The van der Waals surface area contributed by atoms with E-state index in [2.05, 4.69) is 5.10 Å². The molecule has 1 aromatic rings. The fraction of sp³-hybridized carbons (Fsp3) is 0.500. The number of aliphatic carboxylic acids is 1. The molecule has 0 radical (unpaired) electrons. The van der Waals surface area contributed by atoms with Gasteiger partial charge in [0.1, 0.15) is 0 Å². The highest BCUT2D eigenvalue weighted by Crippen LogP contribution is 2.12. The summed E-state index contributed by atoms with van der Waals surface area (Å²) in [5.74, 6) is -0.777. The van der Waals surface area contributed by atoms with Gasteiger partial charge in [0.15, 0.2) is 0 Å². The second-order valence-electron chi connectivity index (χ2n) is 2.92. The van der Waals surface area contributed by atoms with Crippen LogP contribution in [0.4, 0.5) is 5.69 Å². The van der Waals surface area contributed by atoms with E-state index in [1.165, 1.54) is 0 Å². The molecule has 0 saturated carbocycles. The lowest BCUT2D eigenvalue weighted by Crippen LogP contribution is -2.03. The van der Waals surface area contributed by atoms with Crippen LogP contribution in [0, 0.1) is 0 Å². The first kappa shape index (κ1) is 9.57. The molecule has 1 aromatic heterocycles. The molecule has 0 aliphatic rings. The summed E-state index contributed by atoms with van der Waals surface area (Å²) < 4.78 is 1.68. The van der Waals surface area contributed by atoms with Gasteiger partial charge in [0.2, 0.25) is 0 Å². The average molecular weight is 183 g/mol. The van der Waals surface area contributed by atoms with Crippen molar-refractivity contribution in [3.8, 4) is 0 Å². The minimum absolute atomic E-state index is 0.171. The number of nitrogens with two attached hydrogens (primary N) is 1. The first-order chi connectivity index (χ1) is 6.11. The van der Waals surface area contributed by atoms with Gasteiger partial charge in [-0.1, -0.05) is 0 Å². The summed E-state index contributed by atoms with van der Waals surface area (Å²) in [6.45, 7) is 0. The molecule has 0 aromatic carbocycles. The Hall–Kier alpha value is -1.52. The molecule has 5 heteroatoms. The maximum atomic E-state index is 10.2. The van der Waals surface area contributed by atoms with Crippen molar-refractivity contribution in [2.24, 2.45) is 7.05 Å². The van der Waals surface area contributed by atoms with Crippen LogP contribution >= 0.6 is 0 Å². The lowest BCUT2D eigenvalue weighted by molar-refractivity contribution is -0.137. The number of hydrogen-bond acceptors (Lipinski definition) is 3. The number of aryl methyl sites for hydroxylation is 1. The number of anilines is 1. The van der Waals surface area contributed by atoms with E-state index in [0.29, 0.717) is 18.5 Å². The molecule has 0 spiro atoms. The smallest absolute Gasteiger partial charge is 0.303 e. The molecule has 0 amide bonds. The predicted octanol–water partition coefficient (Wildman–Crippen LogP) is 0.410. The van der Waals surface area contributed by atoms with Crippen molar-refractivity contribution in [1.82, 2.24) is 9.78 Å². The van der Waals surface area contributed by atoms with E-state index in [1.807, 2.05) is 0 Å². The summed E-state index contributed by atoms with van der Waals surface area (Å²) in [6, 6.07) is 0. The molecule has 0 aliphatic carbocycles. The monoisotopic (exact) mass is 183 g/mol. The van der Waals surface area contributed by atoms with Gasteiger partial charge in [-0.25, -0.2) is 0 Å². The van der Waals surface area contributed by atoms with Crippen molar-refractivity contribution >= 4 is 11.7 Å². The highest BCUT2D eigenvalue weighted by atomic mass is 16.4. The fourth-order valence-electron chi connectivity index (χ4n) is 1.19. The van der Waals surface area contributed by atoms with Crippen LogP contribution in [0.5, 0.6) is 0 Å². The minimum Gasteiger partial charge on any atom is -0.481 e. The molecule has 1 rings (SSSR count). The van der Waals surface area contributed by atoms with Gasteiger partial charge in [0.05, 0.1) is 17.6 Å². The second kappa shape index (κ2) is 3.93. The van der Waals surface area contributed by atoms with Crippen molar-refractivity contribution in [2.75, 3.05) is 5.73 Å². The van der Waals surface area contributed by atoms with Crippen LogP contribution in [0.25, 0.3) is 0 Å². The van der Waals surface area contributed by atoms with Crippen LogP contribution in [0.3, 0.4) is 0 Å². The van der Waals surface area contributed by atoms with Gasteiger partial charge in [-0.05, 0) is 12.8 Å². The van der Waals surface area contributed by atoms with Crippen LogP contribution in [-0.2, 0) is 18.3 Å². The standard InChI is InChI=1S/C8H13N3O2/c1-11-7(6(9)5-10-11)3-2-4-8(12)13/h5H,2-4,9H2,1H3,(H,12,13). The van der Waals surface area contributed by atoms with E-state index < -0.39 is 5.97 Å². The zero-order valence-electron chi connectivity index (χ0n) is 7.53. The van der Waals surface area contributed by atoms with Gasteiger partial charge in [-0.2, -0.15) is 5.10 Å². The lowest BCUT2D eigenvalue weighted by atomic mass is 10.2. The largest absolute Gasteiger partial charge is 0.481 e. The van der Waals surface area contributed by atoms with Crippen LogP contribution in [-0.4, -0.2) is 20.9 Å². The number of carboxylic acids is 1.